The maximum Gasteiger partial charge on any atom is 0.0894 e. The molecule has 17 heavy (non-hydrogen) atoms. The highest BCUT2D eigenvalue weighted by molar-refractivity contribution is 5.52. The Morgan fingerprint density at radius 1 is 1.47 bits per heavy atom. The van der Waals surface area contributed by atoms with Crippen LogP contribution in [0.4, 0.5) is 0 Å². The fourth-order valence-corrected chi connectivity index (χ4v) is 4.18. The first-order valence-electron chi connectivity index (χ1n) is 6.60. The number of rotatable bonds is 0. The van der Waals surface area contributed by atoms with Crippen LogP contribution < -0.4 is 5.32 Å². The molecular weight excluding hydrogens is 206 g/mol. The lowest BCUT2D eigenvalue weighted by Crippen LogP contribution is -2.22. The van der Waals surface area contributed by atoms with E-state index in [0.717, 1.165) is 18.8 Å². The highest BCUT2D eigenvalue weighted by Gasteiger charge is 2.53. The monoisotopic (exact) mass is 223 g/mol. The number of hydrogen-bond donors (Lipinski definition) is 1. The van der Waals surface area contributed by atoms with Crippen LogP contribution in [-0.4, -0.2) is 0 Å². The summed E-state index contributed by atoms with van der Waals surface area (Å²) >= 11 is 0. The molecule has 1 heteroatoms. The van der Waals surface area contributed by atoms with Crippen LogP contribution in [0.25, 0.3) is 0 Å². The molecule has 3 unspecified atom stereocenters. The first kappa shape index (κ1) is 9.59. The van der Waals surface area contributed by atoms with E-state index in [-0.39, 0.29) is 5.41 Å². The summed E-state index contributed by atoms with van der Waals surface area (Å²) < 4.78 is 0. The number of allylic oxidation sites excluding steroid dienone is 4. The molecule has 4 rings (SSSR count). The maximum absolute atomic E-state index is 4.28. The lowest BCUT2D eigenvalue weighted by atomic mass is 9.74. The predicted octanol–water partition coefficient (Wildman–Crippen LogP) is 3.13. The molecule has 1 aliphatic heterocycles. The summed E-state index contributed by atoms with van der Waals surface area (Å²) in [5.41, 5.74) is 5.89. The van der Waals surface area contributed by atoms with Gasteiger partial charge < -0.3 is 5.32 Å². The molecule has 4 aliphatic rings. The minimum absolute atomic E-state index is 0.246. The van der Waals surface area contributed by atoms with Gasteiger partial charge in [-0.25, -0.2) is 0 Å². The van der Waals surface area contributed by atoms with Crippen LogP contribution in [0.3, 0.4) is 0 Å². The Morgan fingerprint density at radius 2 is 2.35 bits per heavy atom. The second-order valence-corrected chi connectivity index (χ2v) is 5.94. The van der Waals surface area contributed by atoms with Crippen molar-refractivity contribution in [3.05, 3.63) is 35.2 Å². The third-order valence-electron chi connectivity index (χ3n) is 5.18. The molecule has 1 saturated carbocycles. The quantitative estimate of drug-likeness (QED) is 0.491. The van der Waals surface area contributed by atoms with Gasteiger partial charge in [-0.2, -0.15) is 0 Å². The molecule has 0 aromatic carbocycles. The van der Waals surface area contributed by atoms with Gasteiger partial charge in [0, 0.05) is 23.5 Å². The summed E-state index contributed by atoms with van der Waals surface area (Å²) in [7, 11) is 0. The SMILES string of the molecule is C=C1CCC2C3C(=CC12C)NC1=C3CCC#C1. The van der Waals surface area contributed by atoms with Crippen molar-refractivity contribution >= 4 is 0 Å². The molecular formula is C16H17N. The molecule has 86 valence electrons. The first-order chi connectivity index (χ1) is 8.20. The van der Waals surface area contributed by atoms with Gasteiger partial charge in [-0.3, -0.25) is 0 Å². The summed E-state index contributed by atoms with van der Waals surface area (Å²) in [4.78, 5) is 0. The molecule has 1 N–H and O–H groups in total. The fourth-order valence-electron chi connectivity index (χ4n) is 4.18. The van der Waals surface area contributed by atoms with E-state index in [9.17, 15) is 0 Å². The van der Waals surface area contributed by atoms with E-state index in [0.29, 0.717) is 5.92 Å². The van der Waals surface area contributed by atoms with Crippen molar-refractivity contribution in [1.82, 2.24) is 5.32 Å². The lowest BCUT2D eigenvalue weighted by molar-refractivity contribution is 0.321. The van der Waals surface area contributed by atoms with Crippen LogP contribution in [0.15, 0.2) is 35.2 Å². The van der Waals surface area contributed by atoms with Gasteiger partial charge in [0.2, 0.25) is 0 Å². The maximum atomic E-state index is 4.28. The average Bonchev–Trinajstić information content (AvgIpc) is 2.87. The third kappa shape index (κ3) is 1.02. The average molecular weight is 223 g/mol. The van der Waals surface area contributed by atoms with Gasteiger partial charge in [-0.15, -0.1) is 0 Å². The van der Waals surface area contributed by atoms with Gasteiger partial charge in [-0.05, 0) is 36.7 Å². The van der Waals surface area contributed by atoms with E-state index < -0.39 is 0 Å². The minimum atomic E-state index is 0.246. The minimum Gasteiger partial charge on any atom is -0.352 e. The van der Waals surface area contributed by atoms with Gasteiger partial charge in [0.25, 0.3) is 0 Å². The zero-order valence-corrected chi connectivity index (χ0v) is 10.3. The van der Waals surface area contributed by atoms with Gasteiger partial charge in [0.15, 0.2) is 0 Å². The topological polar surface area (TPSA) is 12.0 Å². The molecule has 3 atom stereocenters. The summed E-state index contributed by atoms with van der Waals surface area (Å²) in [6.07, 6.45) is 7.14. The van der Waals surface area contributed by atoms with Crippen LogP contribution in [0.5, 0.6) is 0 Å². The van der Waals surface area contributed by atoms with Crippen molar-refractivity contribution in [2.45, 2.75) is 32.6 Å². The van der Waals surface area contributed by atoms with Crippen molar-refractivity contribution in [2.24, 2.45) is 17.3 Å². The normalized spacial score (nSPS) is 41.2. The standard InChI is InChI=1S/C16H17N/c1-10-7-8-12-15-11-5-3-4-6-13(11)17-14(15)9-16(10,12)2/h9,12,15,17H,1,3,5,7-8H2,2H3. The summed E-state index contributed by atoms with van der Waals surface area (Å²) in [6.45, 7) is 6.65. The molecule has 0 amide bonds. The Hall–Kier alpha value is -1.42. The van der Waals surface area contributed by atoms with Gasteiger partial charge in [0.1, 0.15) is 0 Å². The Morgan fingerprint density at radius 3 is 3.24 bits per heavy atom. The van der Waals surface area contributed by atoms with Crippen LogP contribution in [0, 0.1) is 29.1 Å². The van der Waals surface area contributed by atoms with Crippen LogP contribution in [-0.2, 0) is 0 Å². The van der Waals surface area contributed by atoms with Crippen LogP contribution in [0.1, 0.15) is 32.6 Å². The van der Waals surface area contributed by atoms with Gasteiger partial charge >= 0.3 is 0 Å². The number of hydrogen-bond acceptors (Lipinski definition) is 1. The Labute approximate surface area is 103 Å². The van der Waals surface area contributed by atoms with E-state index in [1.165, 1.54) is 29.8 Å². The second-order valence-electron chi connectivity index (χ2n) is 5.94. The zero-order chi connectivity index (χ0) is 11.6. The third-order valence-corrected chi connectivity index (χ3v) is 5.18. The van der Waals surface area contributed by atoms with Crippen molar-refractivity contribution in [2.75, 3.05) is 0 Å². The summed E-state index contributed by atoms with van der Waals surface area (Å²) in [5.74, 6) is 7.85. The van der Waals surface area contributed by atoms with E-state index >= 15 is 0 Å². The number of fused-ring (bicyclic) bond motifs is 4. The largest absolute Gasteiger partial charge is 0.352 e. The molecule has 0 saturated heterocycles. The van der Waals surface area contributed by atoms with Crippen LogP contribution >= 0.6 is 0 Å². The molecule has 1 fully saturated rings. The summed E-state index contributed by atoms with van der Waals surface area (Å²) in [6, 6.07) is 0. The molecule has 3 aliphatic carbocycles. The van der Waals surface area contributed by atoms with Crippen molar-refractivity contribution in [3.8, 4) is 11.8 Å². The fraction of sp³-hybridized carbons (Fsp3) is 0.500. The highest BCUT2D eigenvalue weighted by Crippen LogP contribution is 2.60. The van der Waals surface area contributed by atoms with E-state index in [1.807, 2.05) is 0 Å². The molecule has 1 nitrogen and oxygen atoms in total. The lowest BCUT2D eigenvalue weighted by Gasteiger charge is -2.28. The highest BCUT2D eigenvalue weighted by atomic mass is 15.0. The van der Waals surface area contributed by atoms with Crippen molar-refractivity contribution in [3.63, 3.8) is 0 Å². The predicted molar refractivity (Wildman–Crippen MR) is 68.7 cm³/mol. The molecule has 1 heterocycles. The first-order valence-corrected chi connectivity index (χ1v) is 6.60. The van der Waals surface area contributed by atoms with Crippen molar-refractivity contribution < 1.29 is 0 Å². The van der Waals surface area contributed by atoms with Gasteiger partial charge in [0.05, 0.1) is 5.70 Å². The van der Waals surface area contributed by atoms with Crippen LogP contribution in [0.2, 0.25) is 0 Å². The molecule has 0 aromatic heterocycles. The van der Waals surface area contributed by atoms with E-state index in [2.05, 4.69) is 36.7 Å². The Balaban J connectivity index is 1.82. The molecule has 0 aromatic rings. The van der Waals surface area contributed by atoms with Crippen molar-refractivity contribution in [1.29, 1.82) is 0 Å². The smallest absolute Gasteiger partial charge is 0.0894 e. The zero-order valence-electron chi connectivity index (χ0n) is 10.3. The Bertz CT molecular complexity index is 552. The van der Waals surface area contributed by atoms with E-state index in [4.69, 9.17) is 0 Å². The molecule has 0 spiro atoms. The number of nitrogens with one attached hydrogen (secondary N) is 1. The molecule has 0 radical (unpaired) electrons. The van der Waals surface area contributed by atoms with E-state index in [1.54, 1.807) is 5.57 Å². The summed E-state index contributed by atoms with van der Waals surface area (Å²) in [5, 5.41) is 3.56. The Kier molecular flexibility index (Phi) is 1.62. The molecule has 0 bridgehead atoms. The second kappa shape index (κ2) is 2.88. The van der Waals surface area contributed by atoms with Gasteiger partial charge in [-0.1, -0.05) is 31.1 Å².